The summed E-state index contributed by atoms with van der Waals surface area (Å²) in [4.78, 5) is 32.9. The fourth-order valence-corrected chi connectivity index (χ4v) is 3.93. The molecule has 1 aliphatic heterocycles. The molecular formula is C22H27N3O4. The van der Waals surface area contributed by atoms with Gasteiger partial charge in [-0.2, -0.15) is 0 Å². The summed E-state index contributed by atoms with van der Waals surface area (Å²) < 4.78 is 11.0. The Morgan fingerprint density at radius 2 is 2.00 bits per heavy atom. The summed E-state index contributed by atoms with van der Waals surface area (Å²) in [6.07, 6.45) is 5.46. The molecule has 7 heteroatoms. The number of rotatable bonds is 2. The van der Waals surface area contributed by atoms with E-state index in [1.165, 1.54) is 0 Å². The number of allylic oxidation sites excluding steroid dienone is 1. The molecule has 1 atom stereocenters. The van der Waals surface area contributed by atoms with Crippen molar-refractivity contribution in [2.45, 2.75) is 45.3 Å². The first-order chi connectivity index (χ1) is 13.8. The van der Waals surface area contributed by atoms with Gasteiger partial charge in [-0.3, -0.25) is 9.88 Å². The van der Waals surface area contributed by atoms with Gasteiger partial charge in [-0.25, -0.2) is 9.59 Å². The maximum Gasteiger partial charge on any atom is 0.410 e. The molecule has 1 aliphatic carbocycles. The molecule has 29 heavy (non-hydrogen) atoms. The minimum absolute atomic E-state index is 0.245. The van der Waals surface area contributed by atoms with Gasteiger partial charge in [-0.15, -0.1) is 0 Å². The number of pyridine rings is 1. The van der Waals surface area contributed by atoms with E-state index in [0.29, 0.717) is 29.8 Å². The van der Waals surface area contributed by atoms with E-state index < -0.39 is 5.60 Å². The highest BCUT2D eigenvalue weighted by Gasteiger charge is 2.30. The van der Waals surface area contributed by atoms with E-state index in [9.17, 15) is 9.59 Å². The zero-order chi connectivity index (χ0) is 20.6. The predicted octanol–water partition coefficient (Wildman–Crippen LogP) is 3.29. The molecule has 2 aliphatic rings. The number of carbonyl (C=O) groups excluding carboxylic acids is 1. The van der Waals surface area contributed by atoms with Crippen molar-refractivity contribution >= 4 is 22.6 Å². The average Bonchev–Trinajstić information content (AvgIpc) is 3.17. The predicted molar refractivity (Wildman–Crippen MR) is 111 cm³/mol. The van der Waals surface area contributed by atoms with Crippen LogP contribution in [0.4, 0.5) is 4.79 Å². The largest absolute Gasteiger partial charge is 0.444 e. The molecule has 154 valence electrons. The third-order valence-electron chi connectivity index (χ3n) is 5.38. The maximum atomic E-state index is 12.2. The third-order valence-corrected chi connectivity index (χ3v) is 5.38. The highest BCUT2D eigenvalue weighted by Crippen LogP contribution is 2.31. The van der Waals surface area contributed by atoms with Crippen LogP contribution in [-0.4, -0.2) is 58.7 Å². The van der Waals surface area contributed by atoms with Crippen LogP contribution >= 0.6 is 0 Å². The summed E-state index contributed by atoms with van der Waals surface area (Å²) in [6.45, 7) is 8.56. The highest BCUT2D eigenvalue weighted by atomic mass is 16.6. The van der Waals surface area contributed by atoms with Crippen molar-refractivity contribution < 1.29 is 13.9 Å². The molecular weight excluding hydrogens is 370 g/mol. The Labute approximate surface area is 170 Å². The molecule has 7 nitrogen and oxygen atoms in total. The molecule has 0 aromatic carbocycles. The zero-order valence-electron chi connectivity index (χ0n) is 17.2. The smallest absolute Gasteiger partial charge is 0.410 e. The van der Waals surface area contributed by atoms with E-state index in [-0.39, 0.29) is 17.8 Å². The van der Waals surface area contributed by atoms with E-state index >= 15 is 0 Å². The second-order valence-electron chi connectivity index (χ2n) is 8.64. The van der Waals surface area contributed by atoms with Crippen molar-refractivity contribution in [3.8, 4) is 0 Å². The van der Waals surface area contributed by atoms with Crippen molar-refractivity contribution in [2.24, 2.45) is 0 Å². The van der Waals surface area contributed by atoms with E-state index in [1.54, 1.807) is 23.2 Å². The summed E-state index contributed by atoms with van der Waals surface area (Å²) in [5.74, 6) is 0.607. The van der Waals surface area contributed by atoms with Crippen LogP contribution in [0.5, 0.6) is 0 Å². The van der Waals surface area contributed by atoms with Crippen LogP contribution in [0.2, 0.25) is 0 Å². The number of aromatic nitrogens is 1. The van der Waals surface area contributed by atoms with Crippen molar-refractivity contribution in [3.63, 3.8) is 0 Å². The van der Waals surface area contributed by atoms with Gasteiger partial charge >= 0.3 is 11.7 Å². The minimum atomic E-state index is -0.476. The lowest BCUT2D eigenvalue weighted by Crippen LogP contribution is -2.52. The number of carbonyl (C=O) groups is 1. The Balaban J connectivity index is 1.42. The van der Waals surface area contributed by atoms with Crippen LogP contribution < -0.4 is 5.63 Å². The normalized spacial score (nSPS) is 20.7. The zero-order valence-corrected chi connectivity index (χ0v) is 17.2. The van der Waals surface area contributed by atoms with Gasteiger partial charge in [0.15, 0.2) is 0 Å². The number of fused-ring (bicyclic) bond motifs is 1. The second-order valence-corrected chi connectivity index (χ2v) is 8.64. The molecule has 0 saturated carbocycles. The lowest BCUT2D eigenvalue weighted by atomic mass is 10.1. The quantitative estimate of drug-likeness (QED) is 0.774. The number of ether oxygens (including phenoxy) is 1. The van der Waals surface area contributed by atoms with Crippen LogP contribution in [0.15, 0.2) is 39.7 Å². The van der Waals surface area contributed by atoms with Gasteiger partial charge in [-0.05, 0) is 51.3 Å². The molecule has 0 radical (unpaired) electrons. The average molecular weight is 397 g/mol. The molecule has 1 saturated heterocycles. The van der Waals surface area contributed by atoms with Crippen molar-refractivity contribution in [3.05, 3.63) is 46.7 Å². The molecule has 4 rings (SSSR count). The van der Waals surface area contributed by atoms with Gasteiger partial charge in [0.2, 0.25) is 0 Å². The number of amides is 1. The fourth-order valence-electron chi connectivity index (χ4n) is 3.93. The Bertz CT molecular complexity index is 997. The van der Waals surface area contributed by atoms with Crippen LogP contribution in [0.25, 0.3) is 16.5 Å². The van der Waals surface area contributed by atoms with E-state index in [2.05, 4.69) is 16.0 Å². The van der Waals surface area contributed by atoms with Crippen LogP contribution in [0, 0.1) is 0 Å². The van der Waals surface area contributed by atoms with Crippen molar-refractivity contribution in [1.82, 2.24) is 14.8 Å². The highest BCUT2D eigenvalue weighted by molar-refractivity contribution is 5.80. The van der Waals surface area contributed by atoms with Gasteiger partial charge in [0.05, 0.1) is 10.9 Å². The lowest BCUT2D eigenvalue weighted by molar-refractivity contribution is 0.0123. The van der Waals surface area contributed by atoms with Crippen LogP contribution in [0.3, 0.4) is 0 Å². The Hall–Kier alpha value is -2.67. The first-order valence-electron chi connectivity index (χ1n) is 10.1. The van der Waals surface area contributed by atoms with Gasteiger partial charge in [0.1, 0.15) is 11.4 Å². The number of piperazine rings is 1. The summed E-state index contributed by atoms with van der Waals surface area (Å²) in [5.41, 5.74) is 0.889. The molecule has 2 aromatic rings. The molecule has 1 fully saturated rings. The standard InChI is InChI=1S/C22H27N3O4/c1-22(2,3)29-21(27)25-11-9-24(10-12-25)16-7-6-15(13-16)19-14-18-17(20(26)28-19)5-4-8-23-18/h4-5,8,13-14,16H,6-7,9-12H2,1-3H3. The van der Waals surface area contributed by atoms with E-state index in [0.717, 1.165) is 31.5 Å². The van der Waals surface area contributed by atoms with E-state index in [4.69, 9.17) is 9.15 Å². The van der Waals surface area contributed by atoms with Crippen molar-refractivity contribution in [2.75, 3.05) is 26.2 Å². The molecule has 1 amide bonds. The van der Waals surface area contributed by atoms with Gasteiger partial charge in [0.25, 0.3) is 0 Å². The van der Waals surface area contributed by atoms with Gasteiger partial charge in [-0.1, -0.05) is 6.08 Å². The van der Waals surface area contributed by atoms with Gasteiger partial charge < -0.3 is 14.1 Å². The molecule has 3 heterocycles. The summed E-state index contributed by atoms with van der Waals surface area (Å²) in [7, 11) is 0. The molecule has 1 unspecified atom stereocenters. The van der Waals surface area contributed by atoms with Crippen molar-refractivity contribution in [1.29, 1.82) is 0 Å². The monoisotopic (exact) mass is 397 g/mol. The lowest BCUT2D eigenvalue weighted by Gasteiger charge is -2.37. The first kappa shape index (κ1) is 19.6. The molecule has 0 bridgehead atoms. The Morgan fingerprint density at radius 3 is 2.72 bits per heavy atom. The summed E-state index contributed by atoms with van der Waals surface area (Å²) in [6, 6.07) is 5.61. The van der Waals surface area contributed by atoms with Gasteiger partial charge in [0, 0.05) is 44.5 Å². The van der Waals surface area contributed by atoms with E-state index in [1.807, 2.05) is 26.8 Å². The number of hydrogen-bond donors (Lipinski definition) is 0. The second kappa shape index (κ2) is 7.63. The SMILES string of the molecule is CC(C)(C)OC(=O)N1CCN(C2C=C(c3cc4ncccc4c(=O)o3)CC2)CC1. The maximum absolute atomic E-state index is 12.2. The minimum Gasteiger partial charge on any atom is -0.444 e. The Morgan fingerprint density at radius 1 is 1.24 bits per heavy atom. The number of hydrogen-bond acceptors (Lipinski definition) is 6. The summed E-state index contributed by atoms with van der Waals surface area (Å²) in [5, 5.41) is 0.504. The van der Waals surface area contributed by atoms with Crippen LogP contribution in [0.1, 0.15) is 39.4 Å². The molecule has 0 N–H and O–H groups in total. The fraction of sp³-hybridized carbons (Fsp3) is 0.500. The Kier molecular flexibility index (Phi) is 5.17. The first-order valence-corrected chi connectivity index (χ1v) is 10.1. The molecule has 0 spiro atoms. The summed E-state index contributed by atoms with van der Waals surface area (Å²) >= 11 is 0. The topological polar surface area (TPSA) is 75.9 Å². The number of nitrogens with zero attached hydrogens (tertiary/aromatic N) is 3. The van der Waals surface area contributed by atoms with Crippen LogP contribution in [-0.2, 0) is 4.74 Å². The molecule has 2 aromatic heterocycles. The third kappa shape index (κ3) is 4.34.